The standard InChI is InChI=1S/C16H21NOS/c1-3-11-18-14-8-6-5-7-13(14)16(17)15-10-9-12(4-2)19-15/h5-10,16H,3-4,11,17H2,1-2H3. The summed E-state index contributed by atoms with van der Waals surface area (Å²) in [4.78, 5) is 2.57. The Balaban J connectivity index is 2.24. The number of hydrogen-bond acceptors (Lipinski definition) is 3. The van der Waals surface area contributed by atoms with Crippen LogP contribution in [0.25, 0.3) is 0 Å². The fourth-order valence-corrected chi connectivity index (χ4v) is 2.96. The largest absolute Gasteiger partial charge is 0.493 e. The van der Waals surface area contributed by atoms with Crippen molar-refractivity contribution in [1.82, 2.24) is 0 Å². The second-order valence-electron chi connectivity index (χ2n) is 4.52. The Hall–Kier alpha value is -1.32. The first-order valence-electron chi connectivity index (χ1n) is 6.82. The lowest BCUT2D eigenvalue weighted by molar-refractivity contribution is 0.313. The van der Waals surface area contributed by atoms with Crippen molar-refractivity contribution in [1.29, 1.82) is 0 Å². The summed E-state index contributed by atoms with van der Waals surface area (Å²) >= 11 is 1.79. The van der Waals surface area contributed by atoms with Crippen LogP contribution in [0.1, 0.15) is 41.6 Å². The van der Waals surface area contributed by atoms with Gasteiger partial charge in [-0.3, -0.25) is 0 Å². The third-order valence-corrected chi connectivity index (χ3v) is 4.37. The summed E-state index contributed by atoms with van der Waals surface area (Å²) in [6.45, 7) is 5.00. The maximum absolute atomic E-state index is 6.39. The summed E-state index contributed by atoms with van der Waals surface area (Å²) in [5.41, 5.74) is 7.46. The predicted molar refractivity (Wildman–Crippen MR) is 82.0 cm³/mol. The first kappa shape index (κ1) is 14.1. The Bertz CT molecular complexity index is 521. The molecule has 1 unspecified atom stereocenters. The second kappa shape index (κ2) is 6.73. The van der Waals surface area contributed by atoms with Gasteiger partial charge in [0.05, 0.1) is 12.6 Å². The predicted octanol–water partition coefficient (Wildman–Crippen LogP) is 4.15. The zero-order chi connectivity index (χ0) is 13.7. The van der Waals surface area contributed by atoms with Gasteiger partial charge in [-0.1, -0.05) is 32.0 Å². The van der Waals surface area contributed by atoms with Crippen LogP contribution in [0.15, 0.2) is 36.4 Å². The van der Waals surface area contributed by atoms with Crippen LogP contribution in [0.5, 0.6) is 5.75 Å². The molecule has 0 bridgehead atoms. The van der Waals surface area contributed by atoms with E-state index < -0.39 is 0 Å². The number of nitrogens with two attached hydrogens (primary N) is 1. The van der Waals surface area contributed by atoms with Crippen molar-refractivity contribution in [2.24, 2.45) is 5.73 Å². The van der Waals surface area contributed by atoms with Gasteiger partial charge in [-0.05, 0) is 31.0 Å². The molecule has 1 aromatic heterocycles. The number of rotatable bonds is 6. The average molecular weight is 275 g/mol. The molecule has 0 saturated carbocycles. The Morgan fingerprint density at radius 3 is 2.63 bits per heavy atom. The van der Waals surface area contributed by atoms with Crippen LogP contribution < -0.4 is 10.5 Å². The summed E-state index contributed by atoms with van der Waals surface area (Å²) in [5.74, 6) is 0.906. The fourth-order valence-electron chi connectivity index (χ4n) is 1.99. The van der Waals surface area contributed by atoms with E-state index in [1.54, 1.807) is 11.3 Å². The van der Waals surface area contributed by atoms with Gasteiger partial charge in [0.15, 0.2) is 0 Å². The topological polar surface area (TPSA) is 35.2 Å². The summed E-state index contributed by atoms with van der Waals surface area (Å²) in [6.07, 6.45) is 2.06. The van der Waals surface area contributed by atoms with Gasteiger partial charge in [0.1, 0.15) is 5.75 Å². The van der Waals surface area contributed by atoms with Crippen LogP contribution in [0.4, 0.5) is 0 Å². The zero-order valence-electron chi connectivity index (χ0n) is 11.6. The van der Waals surface area contributed by atoms with Gasteiger partial charge in [-0.25, -0.2) is 0 Å². The molecule has 1 aromatic carbocycles. The molecule has 0 radical (unpaired) electrons. The first-order chi connectivity index (χ1) is 9.26. The van der Waals surface area contributed by atoms with Crippen molar-refractivity contribution in [3.63, 3.8) is 0 Å². The van der Waals surface area contributed by atoms with Crippen molar-refractivity contribution in [3.05, 3.63) is 51.7 Å². The van der Waals surface area contributed by atoms with Gasteiger partial charge in [0, 0.05) is 15.3 Å². The van der Waals surface area contributed by atoms with Crippen LogP contribution in [-0.2, 0) is 6.42 Å². The molecule has 0 amide bonds. The smallest absolute Gasteiger partial charge is 0.124 e. The van der Waals surface area contributed by atoms with Crippen molar-refractivity contribution >= 4 is 11.3 Å². The molecule has 19 heavy (non-hydrogen) atoms. The maximum Gasteiger partial charge on any atom is 0.124 e. The molecule has 3 heteroatoms. The summed E-state index contributed by atoms with van der Waals surface area (Å²) in [6, 6.07) is 12.3. The third kappa shape index (κ3) is 3.37. The van der Waals surface area contributed by atoms with E-state index in [1.165, 1.54) is 9.75 Å². The Morgan fingerprint density at radius 1 is 1.16 bits per heavy atom. The van der Waals surface area contributed by atoms with Gasteiger partial charge in [-0.15, -0.1) is 11.3 Å². The lowest BCUT2D eigenvalue weighted by Crippen LogP contribution is -2.12. The van der Waals surface area contributed by atoms with E-state index in [2.05, 4.69) is 32.0 Å². The van der Waals surface area contributed by atoms with Crippen LogP contribution in [0.3, 0.4) is 0 Å². The zero-order valence-corrected chi connectivity index (χ0v) is 12.4. The van der Waals surface area contributed by atoms with Crippen LogP contribution >= 0.6 is 11.3 Å². The molecule has 1 heterocycles. The number of hydrogen-bond donors (Lipinski definition) is 1. The summed E-state index contributed by atoms with van der Waals surface area (Å²) in [5, 5.41) is 0. The highest BCUT2D eigenvalue weighted by Gasteiger charge is 2.15. The van der Waals surface area contributed by atoms with Gasteiger partial charge >= 0.3 is 0 Å². The molecule has 0 aliphatic heterocycles. The van der Waals surface area contributed by atoms with Crippen molar-refractivity contribution in [2.75, 3.05) is 6.61 Å². The molecule has 0 saturated heterocycles. The van der Waals surface area contributed by atoms with E-state index in [4.69, 9.17) is 10.5 Å². The molecule has 0 spiro atoms. The van der Waals surface area contributed by atoms with Crippen LogP contribution in [0, 0.1) is 0 Å². The molecule has 2 aromatic rings. The van der Waals surface area contributed by atoms with Gasteiger partial charge < -0.3 is 10.5 Å². The molecule has 0 aliphatic rings. The number of benzene rings is 1. The van der Waals surface area contributed by atoms with Gasteiger partial charge in [0.2, 0.25) is 0 Å². The molecule has 102 valence electrons. The number of para-hydroxylation sites is 1. The summed E-state index contributed by atoms with van der Waals surface area (Å²) < 4.78 is 5.79. The quantitative estimate of drug-likeness (QED) is 0.859. The third-order valence-electron chi connectivity index (χ3n) is 3.05. The van der Waals surface area contributed by atoms with Crippen LogP contribution in [-0.4, -0.2) is 6.61 Å². The molecule has 2 N–H and O–H groups in total. The van der Waals surface area contributed by atoms with Gasteiger partial charge in [-0.2, -0.15) is 0 Å². The highest BCUT2D eigenvalue weighted by molar-refractivity contribution is 7.12. The first-order valence-corrected chi connectivity index (χ1v) is 7.63. The Kier molecular flexibility index (Phi) is 5.00. The fraction of sp³-hybridized carbons (Fsp3) is 0.375. The Labute approximate surface area is 119 Å². The molecular weight excluding hydrogens is 254 g/mol. The lowest BCUT2D eigenvalue weighted by atomic mass is 10.1. The minimum Gasteiger partial charge on any atom is -0.493 e. The van der Waals surface area contributed by atoms with E-state index in [0.29, 0.717) is 0 Å². The molecule has 2 nitrogen and oxygen atoms in total. The normalized spacial score (nSPS) is 12.4. The average Bonchev–Trinajstić information content (AvgIpc) is 2.93. The number of thiophene rings is 1. The Morgan fingerprint density at radius 2 is 1.95 bits per heavy atom. The van der Waals surface area contributed by atoms with Crippen molar-refractivity contribution in [2.45, 2.75) is 32.7 Å². The van der Waals surface area contributed by atoms with Crippen molar-refractivity contribution in [3.8, 4) is 5.75 Å². The maximum atomic E-state index is 6.39. The van der Waals surface area contributed by atoms with E-state index in [-0.39, 0.29) is 6.04 Å². The molecule has 0 fully saturated rings. The van der Waals surface area contributed by atoms with E-state index >= 15 is 0 Å². The summed E-state index contributed by atoms with van der Waals surface area (Å²) in [7, 11) is 0. The van der Waals surface area contributed by atoms with E-state index in [1.807, 2.05) is 18.2 Å². The second-order valence-corrected chi connectivity index (χ2v) is 5.72. The molecular formula is C16H21NOS. The van der Waals surface area contributed by atoms with E-state index in [9.17, 15) is 0 Å². The molecule has 1 atom stereocenters. The van der Waals surface area contributed by atoms with Crippen LogP contribution in [0.2, 0.25) is 0 Å². The highest BCUT2D eigenvalue weighted by atomic mass is 32.1. The minimum atomic E-state index is -0.0987. The monoisotopic (exact) mass is 275 g/mol. The highest BCUT2D eigenvalue weighted by Crippen LogP contribution is 2.32. The lowest BCUT2D eigenvalue weighted by Gasteiger charge is -2.15. The van der Waals surface area contributed by atoms with Gasteiger partial charge in [0.25, 0.3) is 0 Å². The van der Waals surface area contributed by atoms with E-state index in [0.717, 1.165) is 30.8 Å². The minimum absolute atomic E-state index is 0.0987. The molecule has 2 rings (SSSR count). The molecule has 0 aliphatic carbocycles. The number of ether oxygens (including phenoxy) is 1. The van der Waals surface area contributed by atoms with Crippen molar-refractivity contribution < 1.29 is 4.74 Å². The number of aryl methyl sites for hydroxylation is 1. The SMILES string of the molecule is CCCOc1ccccc1C(N)c1ccc(CC)s1.